The van der Waals surface area contributed by atoms with E-state index in [-0.39, 0.29) is 5.41 Å². The molecule has 1 rings (SSSR count). The van der Waals surface area contributed by atoms with Gasteiger partial charge < -0.3 is 9.84 Å². The minimum atomic E-state index is 0.0936. The van der Waals surface area contributed by atoms with Crippen molar-refractivity contribution in [3.8, 4) is 0 Å². The summed E-state index contributed by atoms with van der Waals surface area (Å²) in [6.45, 7) is 7.48. The zero-order chi connectivity index (χ0) is 12.0. The molecule has 1 aliphatic rings. The number of rotatable bonds is 9. The fourth-order valence-electron chi connectivity index (χ4n) is 2.22. The molecule has 1 fully saturated rings. The molecule has 0 radical (unpaired) electrons. The van der Waals surface area contributed by atoms with Crippen molar-refractivity contribution >= 4 is 0 Å². The van der Waals surface area contributed by atoms with Gasteiger partial charge in [0.15, 0.2) is 0 Å². The normalized spacial score (nSPS) is 17.1. The Morgan fingerprint density at radius 3 is 2.31 bits per heavy atom. The Labute approximate surface area is 99.8 Å². The molecule has 0 aromatic carbocycles. The molecule has 0 saturated heterocycles. The van der Waals surface area contributed by atoms with Gasteiger partial charge >= 0.3 is 0 Å². The maximum atomic E-state index is 9.60. The standard InChI is InChI=1S/C13H27NO2/c1-4-13(5-2,11-15)10-14(8-9-16-3)12-6-7-12/h12,15H,4-11H2,1-3H3. The summed E-state index contributed by atoms with van der Waals surface area (Å²) in [6, 6.07) is 0.749. The zero-order valence-electron chi connectivity index (χ0n) is 11.0. The number of ether oxygens (including phenoxy) is 1. The first-order valence-electron chi connectivity index (χ1n) is 6.55. The van der Waals surface area contributed by atoms with Gasteiger partial charge in [0.1, 0.15) is 0 Å². The second-order valence-corrected chi connectivity index (χ2v) is 5.06. The monoisotopic (exact) mass is 229 g/mol. The topological polar surface area (TPSA) is 32.7 Å². The van der Waals surface area contributed by atoms with E-state index in [9.17, 15) is 5.11 Å². The lowest BCUT2D eigenvalue weighted by atomic mass is 9.82. The van der Waals surface area contributed by atoms with Crippen molar-refractivity contribution in [3.05, 3.63) is 0 Å². The minimum Gasteiger partial charge on any atom is -0.396 e. The van der Waals surface area contributed by atoms with Gasteiger partial charge in [-0.3, -0.25) is 4.90 Å². The number of aliphatic hydroxyl groups is 1. The van der Waals surface area contributed by atoms with Crippen LogP contribution in [0.1, 0.15) is 39.5 Å². The van der Waals surface area contributed by atoms with Gasteiger partial charge in [-0.25, -0.2) is 0 Å². The van der Waals surface area contributed by atoms with Crippen LogP contribution in [0.25, 0.3) is 0 Å². The maximum Gasteiger partial charge on any atom is 0.0589 e. The summed E-state index contributed by atoms with van der Waals surface area (Å²) in [6.07, 6.45) is 4.74. The van der Waals surface area contributed by atoms with Crippen molar-refractivity contribution in [2.45, 2.75) is 45.6 Å². The molecule has 3 heteroatoms. The third-order valence-corrected chi connectivity index (χ3v) is 4.02. The second-order valence-electron chi connectivity index (χ2n) is 5.06. The number of nitrogens with zero attached hydrogens (tertiary/aromatic N) is 1. The van der Waals surface area contributed by atoms with Crippen molar-refractivity contribution in [1.29, 1.82) is 0 Å². The lowest BCUT2D eigenvalue weighted by Crippen LogP contribution is -2.42. The first-order valence-corrected chi connectivity index (χ1v) is 6.55. The molecule has 0 amide bonds. The Kier molecular flexibility index (Phi) is 5.73. The van der Waals surface area contributed by atoms with E-state index in [1.165, 1.54) is 12.8 Å². The SMILES string of the molecule is CCC(CC)(CO)CN(CCOC)C1CC1. The van der Waals surface area contributed by atoms with Crippen LogP contribution in [-0.4, -0.2) is 49.5 Å². The molecule has 0 aliphatic heterocycles. The number of aliphatic hydroxyl groups excluding tert-OH is 1. The minimum absolute atomic E-state index is 0.0936. The zero-order valence-corrected chi connectivity index (χ0v) is 11.0. The summed E-state index contributed by atoms with van der Waals surface area (Å²) in [7, 11) is 1.75. The smallest absolute Gasteiger partial charge is 0.0589 e. The van der Waals surface area contributed by atoms with Crippen molar-refractivity contribution in [2.24, 2.45) is 5.41 Å². The lowest BCUT2D eigenvalue weighted by Gasteiger charge is -2.36. The molecule has 1 saturated carbocycles. The highest BCUT2D eigenvalue weighted by atomic mass is 16.5. The molecular formula is C13H27NO2. The summed E-state index contributed by atoms with van der Waals surface area (Å²) >= 11 is 0. The highest BCUT2D eigenvalue weighted by Gasteiger charge is 2.35. The Balaban J connectivity index is 2.50. The molecule has 1 aliphatic carbocycles. The Hall–Kier alpha value is -0.120. The summed E-state index contributed by atoms with van der Waals surface area (Å²) in [5.74, 6) is 0. The van der Waals surface area contributed by atoms with Gasteiger partial charge in [-0.1, -0.05) is 13.8 Å². The predicted molar refractivity (Wildman–Crippen MR) is 66.6 cm³/mol. The van der Waals surface area contributed by atoms with Gasteiger partial charge in [-0.2, -0.15) is 0 Å². The van der Waals surface area contributed by atoms with E-state index >= 15 is 0 Å². The van der Waals surface area contributed by atoms with Crippen molar-refractivity contribution < 1.29 is 9.84 Å². The van der Waals surface area contributed by atoms with Crippen LogP contribution in [0.2, 0.25) is 0 Å². The molecule has 0 unspecified atom stereocenters. The number of hydrogen-bond acceptors (Lipinski definition) is 3. The highest BCUT2D eigenvalue weighted by molar-refractivity contribution is 4.89. The summed E-state index contributed by atoms with van der Waals surface area (Å²) < 4.78 is 5.16. The van der Waals surface area contributed by atoms with Crippen LogP contribution in [0.5, 0.6) is 0 Å². The third-order valence-electron chi connectivity index (χ3n) is 4.02. The lowest BCUT2D eigenvalue weighted by molar-refractivity contribution is 0.0493. The van der Waals surface area contributed by atoms with Crippen LogP contribution in [0.15, 0.2) is 0 Å². The van der Waals surface area contributed by atoms with E-state index in [0.717, 1.165) is 38.6 Å². The first-order chi connectivity index (χ1) is 7.71. The van der Waals surface area contributed by atoms with Gasteiger partial charge in [0.05, 0.1) is 6.61 Å². The van der Waals surface area contributed by atoms with E-state index in [1.54, 1.807) is 7.11 Å². The van der Waals surface area contributed by atoms with E-state index in [0.29, 0.717) is 6.61 Å². The number of methoxy groups -OCH3 is 1. The predicted octanol–water partition coefficient (Wildman–Crippen LogP) is 1.90. The fourth-order valence-corrected chi connectivity index (χ4v) is 2.22. The van der Waals surface area contributed by atoms with E-state index in [1.807, 2.05) is 0 Å². The van der Waals surface area contributed by atoms with Crippen LogP contribution < -0.4 is 0 Å². The number of hydrogen-bond donors (Lipinski definition) is 1. The van der Waals surface area contributed by atoms with Crippen LogP contribution in [-0.2, 0) is 4.74 Å². The van der Waals surface area contributed by atoms with Gasteiger partial charge in [-0.05, 0) is 25.7 Å². The Morgan fingerprint density at radius 1 is 1.31 bits per heavy atom. The van der Waals surface area contributed by atoms with Gasteiger partial charge in [0.25, 0.3) is 0 Å². The Morgan fingerprint density at radius 2 is 1.94 bits per heavy atom. The van der Waals surface area contributed by atoms with Crippen molar-refractivity contribution in [3.63, 3.8) is 0 Å². The van der Waals surface area contributed by atoms with Crippen LogP contribution in [0.3, 0.4) is 0 Å². The van der Waals surface area contributed by atoms with Gasteiger partial charge in [0, 0.05) is 38.3 Å². The summed E-state index contributed by atoms with van der Waals surface area (Å²) in [5.41, 5.74) is 0.0936. The van der Waals surface area contributed by atoms with Crippen LogP contribution in [0, 0.1) is 5.41 Å². The molecule has 0 bridgehead atoms. The molecule has 1 N–H and O–H groups in total. The van der Waals surface area contributed by atoms with Gasteiger partial charge in [-0.15, -0.1) is 0 Å². The molecule has 0 spiro atoms. The maximum absolute atomic E-state index is 9.60. The average molecular weight is 229 g/mol. The largest absolute Gasteiger partial charge is 0.396 e. The molecule has 0 heterocycles. The molecule has 0 aromatic rings. The van der Waals surface area contributed by atoms with E-state index in [2.05, 4.69) is 18.7 Å². The molecule has 3 nitrogen and oxygen atoms in total. The average Bonchev–Trinajstić information content (AvgIpc) is 3.15. The first kappa shape index (κ1) is 13.9. The van der Waals surface area contributed by atoms with Gasteiger partial charge in [0.2, 0.25) is 0 Å². The van der Waals surface area contributed by atoms with Crippen molar-refractivity contribution in [2.75, 3.05) is 33.4 Å². The van der Waals surface area contributed by atoms with Crippen molar-refractivity contribution in [1.82, 2.24) is 4.90 Å². The molecule has 0 atom stereocenters. The summed E-state index contributed by atoms with van der Waals surface area (Å²) in [4.78, 5) is 2.51. The van der Waals surface area contributed by atoms with Crippen LogP contribution >= 0.6 is 0 Å². The van der Waals surface area contributed by atoms with Crippen LogP contribution in [0.4, 0.5) is 0 Å². The molecule has 0 aromatic heterocycles. The molecule has 96 valence electrons. The highest BCUT2D eigenvalue weighted by Crippen LogP contribution is 2.33. The summed E-state index contributed by atoms with van der Waals surface area (Å²) in [5, 5.41) is 9.60. The van der Waals surface area contributed by atoms with E-state index < -0.39 is 0 Å². The quantitative estimate of drug-likeness (QED) is 0.655. The van der Waals surface area contributed by atoms with E-state index in [4.69, 9.17) is 4.74 Å². The fraction of sp³-hybridized carbons (Fsp3) is 1.00. The molecule has 16 heavy (non-hydrogen) atoms. The molecular weight excluding hydrogens is 202 g/mol. The second kappa shape index (κ2) is 6.58. The Bertz CT molecular complexity index is 180. The third kappa shape index (κ3) is 3.72.